The number of nitrogens with zero attached hydrogens (tertiary/aromatic N) is 1. The highest BCUT2D eigenvalue weighted by Gasteiger charge is 2.35. The van der Waals surface area contributed by atoms with Gasteiger partial charge in [-0.1, -0.05) is 49.6 Å². The molecule has 8 nitrogen and oxygen atoms in total. The van der Waals surface area contributed by atoms with Crippen molar-refractivity contribution in [1.29, 1.82) is 0 Å². The minimum absolute atomic E-state index is 0.0714. The Hall–Kier alpha value is -3.81. The zero-order valence-corrected chi connectivity index (χ0v) is 19.9. The van der Waals surface area contributed by atoms with Gasteiger partial charge in [-0.25, -0.2) is 0 Å². The second kappa shape index (κ2) is 11.6. The Labute approximate surface area is 204 Å². The molecule has 1 atom stereocenters. The lowest BCUT2D eigenvalue weighted by Crippen LogP contribution is -2.49. The molecule has 3 amide bonds. The van der Waals surface area contributed by atoms with Gasteiger partial charge < -0.3 is 24.4 Å². The highest BCUT2D eigenvalue weighted by Crippen LogP contribution is 2.27. The average molecular weight is 478 g/mol. The van der Waals surface area contributed by atoms with E-state index in [4.69, 9.17) is 8.83 Å². The summed E-state index contributed by atoms with van der Waals surface area (Å²) in [4.78, 5) is 40.9. The van der Waals surface area contributed by atoms with E-state index in [9.17, 15) is 14.4 Å². The third-order valence-electron chi connectivity index (χ3n) is 6.20. The van der Waals surface area contributed by atoms with Crippen LogP contribution in [-0.2, 0) is 16.1 Å². The van der Waals surface area contributed by atoms with E-state index in [2.05, 4.69) is 10.6 Å². The Morgan fingerprint density at radius 2 is 1.77 bits per heavy atom. The van der Waals surface area contributed by atoms with Gasteiger partial charge in [-0.3, -0.25) is 14.4 Å². The number of rotatable bonds is 9. The standard InChI is InChI=1S/C27H31N3O5/c1-19-14-15-22(35-19)25(27(33)29-21-11-6-3-7-12-21)30(18-20-9-4-2-5-10-20)24(31)17-28-26(32)23-13-8-16-34-23/h2,4-5,8-10,13-16,21,25H,3,6-7,11-12,17-18H2,1H3,(H,28,32)(H,29,33)/t25-/m0/s1. The first kappa shape index (κ1) is 24.3. The van der Waals surface area contributed by atoms with Gasteiger partial charge in [-0.2, -0.15) is 0 Å². The van der Waals surface area contributed by atoms with Crippen LogP contribution in [0.4, 0.5) is 0 Å². The summed E-state index contributed by atoms with van der Waals surface area (Å²) in [5.74, 6) is -0.0497. The third kappa shape index (κ3) is 6.41. The van der Waals surface area contributed by atoms with Crippen molar-refractivity contribution in [3.8, 4) is 0 Å². The SMILES string of the molecule is Cc1ccc([C@@H](C(=O)NC2CCCCC2)N(Cc2ccccc2)C(=O)CNC(=O)c2ccco2)o1. The van der Waals surface area contributed by atoms with Crippen LogP contribution in [0, 0.1) is 6.92 Å². The molecule has 1 aromatic carbocycles. The summed E-state index contributed by atoms with van der Waals surface area (Å²) in [5.41, 5.74) is 0.858. The van der Waals surface area contributed by atoms with Crippen molar-refractivity contribution in [2.24, 2.45) is 0 Å². The number of carbonyl (C=O) groups excluding carboxylic acids is 3. The normalized spacial score (nSPS) is 14.8. The molecule has 2 aromatic heterocycles. The molecule has 1 fully saturated rings. The number of nitrogens with one attached hydrogen (secondary N) is 2. The number of amides is 3. The van der Waals surface area contributed by atoms with Crippen LogP contribution in [0.25, 0.3) is 0 Å². The molecule has 4 rings (SSSR count). The van der Waals surface area contributed by atoms with Gasteiger partial charge in [0.1, 0.15) is 11.5 Å². The van der Waals surface area contributed by atoms with E-state index in [0.717, 1.165) is 31.2 Å². The highest BCUT2D eigenvalue weighted by molar-refractivity contribution is 5.95. The number of hydrogen-bond acceptors (Lipinski definition) is 5. The topological polar surface area (TPSA) is 105 Å². The zero-order chi connectivity index (χ0) is 24.6. The van der Waals surface area contributed by atoms with Crippen LogP contribution in [0.3, 0.4) is 0 Å². The lowest BCUT2D eigenvalue weighted by molar-refractivity contribution is -0.142. The summed E-state index contributed by atoms with van der Waals surface area (Å²) in [7, 11) is 0. The summed E-state index contributed by atoms with van der Waals surface area (Å²) in [6, 6.07) is 15.2. The van der Waals surface area contributed by atoms with Crippen molar-refractivity contribution in [2.75, 3.05) is 6.54 Å². The summed E-state index contributed by atoms with van der Waals surface area (Å²) < 4.78 is 11.0. The van der Waals surface area contributed by atoms with Crippen molar-refractivity contribution >= 4 is 17.7 Å². The molecule has 1 aliphatic rings. The molecule has 0 radical (unpaired) electrons. The Morgan fingerprint density at radius 1 is 1.00 bits per heavy atom. The minimum atomic E-state index is -0.973. The third-order valence-corrected chi connectivity index (χ3v) is 6.20. The van der Waals surface area contributed by atoms with Crippen molar-refractivity contribution < 1.29 is 23.2 Å². The first-order valence-electron chi connectivity index (χ1n) is 12.0. The first-order chi connectivity index (χ1) is 17.0. The number of furan rings is 2. The fourth-order valence-corrected chi connectivity index (χ4v) is 4.41. The molecule has 1 aliphatic carbocycles. The molecule has 184 valence electrons. The van der Waals surface area contributed by atoms with Crippen LogP contribution >= 0.6 is 0 Å². The largest absolute Gasteiger partial charge is 0.464 e. The lowest BCUT2D eigenvalue weighted by Gasteiger charge is -2.32. The number of carbonyl (C=O) groups is 3. The molecular weight excluding hydrogens is 446 g/mol. The number of aryl methyl sites for hydroxylation is 1. The van der Waals surface area contributed by atoms with E-state index < -0.39 is 17.9 Å². The lowest BCUT2D eigenvalue weighted by atomic mass is 9.95. The maximum absolute atomic E-state index is 13.6. The van der Waals surface area contributed by atoms with Crippen LogP contribution < -0.4 is 10.6 Å². The van der Waals surface area contributed by atoms with E-state index in [-0.39, 0.29) is 30.8 Å². The van der Waals surface area contributed by atoms with Crippen LogP contribution in [0.5, 0.6) is 0 Å². The van der Waals surface area contributed by atoms with Crippen LogP contribution in [0.2, 0.25) is 0 Å². The van der Waals surface area contributed by atoms with Crippen LogP contribution in [-0.4, -0.2) is 35.2 Å². The molecular formula is C27H31N3O5. The maximum atomic E-state index is 13.6. The fourth-order valence-electron chi connectivity index (χ4n) is 4.41. The van der Waals surface area contributed by atoms with E-state index in [1.807, 2.05) is 30.3 Å². The van der Waals surface area contributed by atoms with Gasteiger partial charge >= 0.3 is 0 Å². The van der Waals surface area contributed by atoms with Crippen molar-refractivity contribution in [3.63, 3.8) is 0 Å². The van der Waals surface area contributed by atoms with Crippen LogP contribution in [0.15, 0.2) is 69.7 Å². The second-order valence-corrected chi connectivity index (χ2v) is 8.86. The van der Waals surface area contributed by atoms with Gasteiger partial charge in [0.2, 0.25) is 5.91 Å². The van der Waals surface area contributed by atoms with Crippen molar-refractivity contribution in [1.82, 2.24) is 15.5 Å². The molecule has 3 aromatic rings. The molecule has 1 saturated carbocycles. The van der Waals surface area contributed by atoms with E-state index in [1.54, 1.807) is 25.1 Å². The molecule has 2 N–H and O–H groups in total. The molecule has 8 heteroatoms. The molecule has 35 heavy (non-hydrogen) atoms. The smallest absolute Gasteiger partial charge is 0.287 e. The van der Waals surface area contributed by atoms with Gasteiger partial charge in [-0.05, 0) is 49.6 Å². The quantitative estimate of drug-likeness (QED) is 0.482. The Morgan fingerprint density at radius 3 is 2.43 bits per heavy atom. The van der Waals surface area contributed by atoms with E-state index >= 15 is 0 Å². The van der Waals surface area contributed by atoms with Gasteiger partial charge in [0.25, 0.3) is 11.8 Å². The Kier molecular flexibility index (Phi) is 8.03. The first-order valence-corrected chi connectivity index (χ1v) is 12.0. The molecule has 0 saturated heterocycles. The van der Waals surface area contributed by atoms with Gasteiger partial charge in [0.15, 0.2) is 11.8 Å². The van der Waals surface area contributed by atoms with Crippen molar-refractivity contribution in [2.45, 2.75) is 57.7 Å². The van der Waals surface area contributed by atoms with Gasteiger partial charge in [0, 0.05) is 12.6 Å². The summed E-state index contributed by atoms with van der Waals surface area (Å²) in [6.45, 7) is 1.69. The van der Waals surface area contributed by atoms with Crippen molar-refractivity contribution in [3.05, 3.63) is 83.7 Å². The summed E-state index contributed by atoms with van der Waals surface area (Å²) >= 11 is 0. The van der Waals surface area contributed by atoms with Gasteiger partial charge in [-0.15, -0.1) is 0 Å². The Bertz CT molecular complexity index is 1120. The zero-order valence-electron chi connectivity index (χ0n) is 19.9. The Balaban J connectivity index is 1.60. The minimum Gasteiger partial charge on any atom is -0.464 e. The van der Waals surface area contributed by atoms with E-state index in [0.29, 0.717) is 11.5 Å². The summed E-state index contributed by atoms with van der Waals surface area (Å²) in [5, 5.41) is 5.74. The summed E-state index contributed by atoms with van der Waals surface area (Å²) in [6.07, 6.45) is 6.54. The monoisotopic (exact) mass is 477 g/mol. The van der Waals surface area contributed by atoms with Gasteiger partial charge in [0.05, 0.1) is 12.8 Å². The molecule has 2 heterocycles. The number of hydrogen-bond donors (Lipinski definition) is 2. The maximum Gasteiger partial charge on any atom is 0.287 e. The molecule has 0 spiro atoms. The highest BCUT2D eigenvalue weighted by atomic mass is 16.3. The number of benzene rings is 1. The van der Waals surface area contributed by atoms with Crippen LogP contribution in [0.1, 0.15) is 65.8 Å². The predicted molar refractivity (Wildman–Crippen MR) is 129 cm³/mol. The fraction of sp³-hybridized carbons (Fsp3) is 0.370. The molecule has 0 bridgehead atoms. The van der Waals surface area contributed by atoms with E-state index in [1.165, 1.54) is 23.7 Å². The second-order valence-electron chi connectivity index (χ2n) is 8.86. The molecule has 0 aliphatic heterocycles. The predicted octanol–water partition coefficient (Wildman–Crippen LogP) is 4.13. The molecule has 0 unspecified atom stereocenters. The average Bonchev–Trinajstić information content (AvgIpc) is 3.56.